The zero-order valence-electron chi connectivity index (χ0n) is 16.7. The molecule has 2 N–H and O–H groups in total. The second kappa shape index (κ2) is 7.07. The maximum Gasteiger partial charge on any atom is 0.259 e. The third-order valence-electron chi connectivity index (χ3n) is 6.81. The minimum absolute atomic E-state index is 0.0137. The van der Waals surface area contributed by atoms with Crippen LogP contribution in [-0.2, 0) is 0 Å². The van der Waals surface area contributed by atoms with E-state index in [1.165, 1.54) is 0 Å². The van der Waals surface area contributed by atoms with Crippen molar-refractivity contribution in [3.8, 4) is 11.3 Å². The summed E-state index contributed by atoms with van der Waals surface area (Å²) in [5, 5.41) is 25.1. The molecule has 1 aromatic heterocycles. The highest BCUT2D eigenvalue weighted by molar-refractivity contribution is 6.01. The van der Waals surface area contributed by atoms with Crippen LogP contribution < -0.4 is 0 Å². The highest BCUT2D eigenvalue weighted by atomic mass is 16.5. The summed E-state index contributed by atoms with van der Waals surface area (Å²) in [5.74, 6) is 0.237. The van der Waals surface area contributed by atoms with Gasteiger partial charge in [0, 0.05) is 30.7 Å². The molecule has 2 aromatic carbocycles. The molecular formula is C24H24N2O4. The first-order chi connectivity index (χ1) is 14.6. The molecule has 0 radical (unpaired) electrons. The summed E-state index contributed by atoms with van der Waals surface area (Å²) < 4.78 is 5.36. The number of aliphatic hydroxyl groups excluding tert-OH is 2. The normalized spacial score (nSPS) is 27.6. The zero-order chi connectivity index (χ0) is 20.9. The summed E-state index contributed by atoms with van der Waals surface area (Å²) in [6.07, 6.45) is -0.691. The number of aliphatic hydroxyl groups is 2. The van der Waals surface area contributed by atoms with Crippen molar-refractivity contribution in [3.05, 3.63) is 77.6 Å². The molecule has 1 saturated carbocycles. The van der Waals surface area contributed by atoms with Gasteiger partial charge in [0.25, 0.3) is 5.91 Å². The lowest BCUT2D eigenvalue weighted by Crippen LogP contribution is -2.30. The van der Waals surface area contributed by atoms with Gasteiger partial charge >= 0.3 is 0 Å². The van der Waals surface area contributed by atoms with Gasteiger partial charge in [0.2, 0.25) is 0 Å². The molecule has 3 aromatic rings. The van der Waals surface area contributed by atoms with E-state index in [1.807, 2.05) is 60.7 Å². The van der Waals surface area contributed by atoms with E-state index in [-0.39, 0.29) is 30.9 Å². The van der Waals surface area contributed by atoms with Crippen molar-refractivity contribution in [1.82, 2.24) is 10.1 Å². The van der Waals surface area contributed by atoms with Gasteiger partial charge in [-0.1, -0.05) is 65.8 Å². The van der Waals surface area contributed by atoms with Crippen molar-refractivity contribution < 1.29 is 19.5 Å². The Hall–Kier alpha value is -2.96. The molecule has 0 unspecified atom stereocenters. The second-order valence-corrected chi connectivity index (χ2v) is 8.32. The van der Waals surface area contributed by atoms with E-state index in [0.717, 1.165) is 11.1 Å². The summed E-state index contributed by atoms with van der Waals surface area (Å²) in [4.78, 5) is 15.2. The SMILES string of the molecule is Cc1onc(-c2ccccc2)c1C(=O)N1C[C@H](O)[C@@]2(C1)[C@H](CO)[C@H]2c1ccccc1. The maximum atomic E-state index is 13.5. The van der Waals surface area contributed by atoms with Crippen molar-refractivity contribution in [2.24, 2.45) is 11.3 Å². The van der Waals surface area contributed by atoms with Crippen LogP contribution in [0.3, 0.4) is 0 Å². The summed E-state index contributed by atoms with van der Waals surface area (Å²) in [5.41, 5.74) is 2.35. The van der Waals surface area contributed by atoms with Gasteiger partial charge in [0.15, 0.2) is 0 Å². The lowest BCUT2D eigenvalue weighted by atomic mass is 9.95. The highest BCUT2D eigenvalue weighted by Crippen LogP contribution is 2.68. The number of aryl methyl sites for hydroxylation is 1. The predicted octanol–water partition coefficient (Wildman–Crippen LogP) is 2.86. The van der Waals surface area contributed by atoms with Crippen molar-refractivity contribution in [2.75, 3.05) is 19.7 Å². The van der Waals surface area contributed by atoms with E-state index in [4.69, 9.17) is 4.52 Å². The summed E-state index contributed by atoms with van der Waals surface area (Å²) in [6.45, 7) is 2.35. The molecule has 1 aliphatic carbocycles. The number of benzene rings is 2. The number of hydrogen-bond acceptors (Lipinski definition) is 5. The van der Waals surface area contributed by atoms with E-state index in [2.05, 4.69) is 5.16 Å². The molecule has 1 amide bonds. The Bertz CT molecular complexity index is 1070. The van der Waals surface area contributed by atoms with Gasteiger partial charge in [-0.05, 0) is 24.3 Å². The number of carbonyl (C=O) groups excluding carboxylic acids is 1. The Labute approximate surface area is 174 Å². The number of amides is 1. The molecule has 1 spiro atoms. The van der Waals surface area contributed by atoms with E-state index < -0.39 is 11.5 Å². The van der Waals surface area contributed by atoms with Crippen molar-refractivity contribution in [2.45, 2.75) is 18.9 Å². The maximum absolute atomic E-state index is 13.5. The number of β-amino-alcohol motifs (C(OH)–C–C–N with tert-alkyl or cyclic N) is 1. The Morgan fingerprint density at radius 3 is 2.50 bits per heavy atom. The number of carbonyl (C=O) groups is 1. The lowest BCUT2D eigenvalue weighted by molar-refractivity contribution is 0.0763. The lowest BCUT2D eigenvalue weighted by Gasteiger charge is -2.17. The fraction of sp³-hybridized carbons (Fsp3) is 0.333. The molecule has 1 aliphatic heterocycles. The van der Waals surface area contributed by atoms with Crippen LogP contribution in [0.15, 0.2) is 65.2 Å². The van der Waals surface area contributed by atoms with Gasteiger partial charge in [-0.2, -0.15) is 0 Å². The fourth-order valence-electron chi connectivity index (χ4n) is 5.30. The summed E-state index contributed by atoms with van der Waals surface area (Å²) in [6, 6.07) is 19.4. The molecule has 0 bridgehead atoms. The van der Waals surface area contributed by atoms with Gasteiger partial charge < -0.3 is 19.6 Å². The minimum atomic E-state index is -0.691. The molecule has 5 rings (SSSR count). The van der Waals surface area contributed by atoms with E-state index in [9.17, 15) is 15.0 Å². The first-order valence-corrected chi connectivity index (χ1v) is 10.2. The first kappa shape index (κ1) is 19.0. The average Bonchev–Trinajstić information content (AvgIpc) is 3.06. The quantitative estimate of drug-likeness (QED) is 0.698. The van der Waals surface area contributed by atoms with Gasteiger partial charge in [-0.25, -0.2) is 0 Å². The molecular weight excluding hydrogens is 380 g/mol. The molecule has 2 fully saturated rings. The molecule has 4 atom stereocenters. The van der Waals surface area contributed by atoms with Crippen molar-refractivity contribution in [1.29, 1.82) is 0 Å². The summed E-state index contributed by atoms with van der Waals surface area (Å²) in [7, 11) is 0. The van der Waals surface area contributed by atoms with Gasteiger partial charge in [0.05, 0.1) is 6.10 Å². The second-order valence-electron chi connectivity index (χ2n) is 8.32. The van der Waals surface area contributed by atoms with E-state index >= 15 is 0 Å². The standard InChI is InChI=1S/C24H24N2O4/c1-15-20(22(25-30-15)17-10-6-3-7-11-17)23(29)26-12-19(28)24(14-26)18(13-27)21(24)16-8-4-2-5-9-16/h2-11,18-19,21,27-28H,12-14H2,1H3/t18-,19+,21-,24-/m1/s1. The van der Waals surface area contributed by atoms with Crippen molar-refractivity contribution >= 4 is 5.91 Å². The molecule has 1 saturated heterocycles. The minimum Gasteiger partial charge on any atom is -0.396 e. The van der Waals surface area contributed by atoms with Gasteiger partial charge in [-0.15, -0.1) is 0 Å². The third-order valence-corrected chi connectivity index (χ3v) is 6.81. The van der Waals surface area contributed by atoms with Crippen LogP contribution in [0.2, 0.25) is 0 Å². The van der Waals surface area contributed by atoms with Crippen molar-refractivity contribution in [3.63, 3.8) is 0 Å². The smallest absolute Gasteiger partial charge is 0.259 e. The van der Waals surface area contributed by atoms with Crippen LogP contribution in [0, 0.1) is 18.3 Å². The van der Waals surface area contributed by atoms with Gasteiger partial charge in [-0.3, -0.25) is 4.79 Å². The molecule has 154 valence electrons. The fourth-order valence-corrected chi connectivity index (χ4v) is 5.30. The van der Waals surface area contributed by atoms with E-state index in [1.54, 1.807) is 11.8 Å². The van der Waals surface area contributed by atoms with E-state index in [0.29, 0.717) is 23.6 Å². The number of hydrogen-bond donors (Lipinski definition) is 2. The topological polar surface area (TPSA) is 86.8 Å². The predicted molar refractivity (Wildman–Crippen MR) is 111 cm³/mol. The van der Waals surface area contributed by atoms with Crippen LogP contribution in [-0.4, -0.2) is 52.0 Å². The Balaban J connectivity index is 1.46. The number of nitrogens with zero attached hydrogens (tertiary/aromatic N) is 2. The van der Waals surface area contributed by atoms with Crippen LogP contribution >= 0.6 is 0 Å². The highest BCUT2D eigenvalue weighted by Gasteiger charge is 2.71. The molecule has 2 aliphatic rings. The number of rotatable bonds is 4. The zero-order valence-corrected chi connectivity index (χ0v) is 16.7. The van der Waals surface area contributed by atoms with Crippen LogP contribution in [0.1, 0.15) is 27.6 Å². The van der Waals surface area contributed by atoms with Crippen LogP contribution in [0.25, 0.3) is 11.3 Å². The number of aromatic nitrogens is 1. The molecule has 30 heavy (non-hydrogen) atoms. The van der Waals surface area contributed by atoms with Crippen LogP contribution in [0.4, 0.5) is 0 Å². The first-order valence-electron chi connectivity index (χ1n) is 10.2. The Morgan fingerprint density at radius 2 is 1.83 bits per heavy atom. The Kier molecular flexibility index (Phi) is 4.49. The largest absolute Gasteiger partial charge is 0.396 e. The average molecular weight is 404 g/mol. The summed E-state index contributed by atoms with van der Waals surface area (Å²) >= 11 is 0. The molecule has 6 heteroatoms. The molecule has 2 heterocycles. The third kappa shape index (κ3) is 2.71. The Morgan fingerprint density at radius 1 is 1.17 bits per heavy atom. The number of likely N-dealkylation sites (tertiary alicyclic amines) is 1. The van der Waals surface area contributed by atoms with Crippen LogP contribution in [0.5, 0.6) is 0 Å². The molecule has 6 nitrogen and oxygen atoms in total. The van der Waals surface area contributed by atoms with Gasteiger partial charge in [0.1, 0.15) is 17.0 Å². The monoisotopic (exact) mass is 404 g/mol.